The molecule has 1 rings (SSSR count). The fourth-order valence-electron chi connectivity index (χ4n) is 1.05. The van der Waals surface area contributed by atoms with Gasteiger partial charge < -0.3 is 20.2 Å². The number of pyridine rings is 1. The number of aromatic amines is 1. The second-order valence-electron chi connectivity index (χ2n) is 2.77. The van der Waals surface area contributed by atoms with Crippen molar-refractivity contribution >= 4 is 0 Å². The third-order valence-electron chi connectivity index (χ3n) is 1.67. The predicted octanol–water partition coefficient (Wildman–Crippen LogP) is 0.741. The first-order valence-corrected chi connectivity index (χ1v) is 4.13. The summed E-state index contributed by atoms with van der Waals surface area (Å²) in [6, 6.07) is 1.17. The maximum absolute atomic E-state index is 12.0. The van der Waals surface area contributed by atoms with Crippen LogP contribution in [0.25, 0.3) is 0 Å². The number of nitrogens with two attached hydrogens (primary N) is 1. The highest BCUT2D eigenvalue weighted by Crippen LogP contribution is 2.28. The number of rotatable bonds is 3. The Labute approximate surface area is 88.0 Å². The van der Waals surface area contributed by atoms with Gasteiger partial charge in [-0.3, -0.25) is 4.79 Å². The van der Waals surface area contributed by atoms with E-state index in [1.807, 2.05) is 0 Å². The molecule has 16 heavy (non-hydrogen) atoms. The van der Waals surface area contributed by atoms with Gasteiger partial charge in [0.05, 0.1) is 7.11 Å². The van der Waals surface area contributed by atoms with Crippen molar-refractivity contribution in [3.8, 4) is 11.5 Å². The molecule has 8 heteroatoms. The molecule has 0 saturated heterocycles. The molecule has 1 aromatic heterocycles. The Morgan fingerprint density at radius 3 is 2.56 bits per heavy atom. The van der Waals surface area contributed by atoms with Crippen molar-refractivity contribution in [3.05, 3.63) is 22.1 Å². The van der Waals surface area contributed by atoms with E-state index < -0.39 is 17.7 Å². The van der Waals surface area contributed by atoms with Gasteiger partial charge in [0.2, 0.25) is 5.75 Å². The second-order valence-corrected chi connectivity index (χ2v) is 2.77. The summed E-state index contributed by atoms with van der Waals surface area (Å²) in [7, 11) is 1.12. The Balaban J connectivity index is 3.22. The normalized spacial score (nSPS) is 11.3. The van der Waals surface area contributed by atoms with E-state index in [0.717, 1.165) is 7.11 Å². The molecule has 0 fully saturated rings. The fourth-order valence-corrected chi connectivity index (χ4v) is 1.05. The standard InChI is InChI=1S/C8H9F3N2O3/c1-15-5-2-4(3-12)13-7(14)6(5)16-8(9,10)11/h2H,3,12H2,1H3,(H,13,14). The molecule has 0 bridgehead atoms. The second kappa shape index (κ2) is 4.44. The van der Waals surface area contributed by atoms with Gasteiger partial charge in [0.1, 0.15) is 0 Å². The zero-order chi connectivity index (χ0) is 12.3. The van der Waals surface area contributed by atoms with Crippen LogP contribution in [0.3, 0.4) is 0 Å². The zero-order valence-electron chi connectivity index (χ0n) is 8.22. The molecule has 90 valence electrons. The van der Waals surface area contributed by atoms with E-state index in [-0.39, 0.29) is 18.0 Å². The molecular formula is C8H9F3N2O3. The van der Waals surface area contributed by atoms with E-state index in [1.165, 1.54) is 6.07 Å². The summed E-state index contributed by atoms with van der Waals surface area (Å²) in [4.78, 5) is 13.4. The molecule has 5 nitrogen and oxygen atoms in total. The third-order valence-corrected chi connectivity index (χ3v) is 1.67. The van der Waals surface area contributed by atoms with Crippen molar-refractivity contribution in [3.63, 3.8) is 0 Å². The minimum Gasteiger partial charge on any atom is -0.493 e. The Morgan fingerprint density at radius 2 is 2.12 bits per heavy atom. The molecule has 1 heterocycles. The molecule has 0 aliphatic rings. The summed E-state index contributed by atoms with van der Waals surface area (Å²) >= 11 is 0. The topological polar surface area (TPSA) is 77.3 Å². The number of nitrogens with one attached hydrogen (secondary N) is 1. The summed E-state index contributed by atoms with van der Waals surface area (Å²) in [6.07, 6.45) is -4.95. The molecule has 0 aromatic carbocycles. The number of aromatic nitrogens is 1. The average Bonchev–Trinajstić information content (AvgIpc) is 2.19. The average molecular weight is 238 g/mol. The minimum atomic E-state index is -4.95. The van der Waals surface area contributed by atoms with Crippen LogP contribution in [0.2, 0.25) is 0 Å². The van der Waals surface area contributed by atoms with Crippen molar-refractivity contribution in [2.45, 2.75) is 12.9 Å². The molecule has 0 atom stereocenters. The van der Waals surface area contributed by atoms with E-state index in [0.29, 0.717) is 0 Å². The first-order valence-electron chi connectivity index (χ1n) is 4.13. The molecule has 1 aromatic rings. The van der Waals surface area contributed by atoms with Crippen molar-refractivity contribution in [1.82, 2.24) is 4.98 Å². The molecule has 3 N–H and O–H groups in total. The lowest BCUT2D eigenvalue weighted by Crippen LogP contribution is -2.24. The van der Waals surface area contributed by atoms with Gasteiger partial charge in [-0.2, -0.15) is 0 Å². The van der Waals surface area contributed by atoms with Crippen LogP contribution in [0.5, 0.6) is 11.5 Å². The quantitative estimate of drug-likeness (QED) is 0.814. The first kappa shape index (κ1) is 12.4. The summed E-state index contributed by atoms with van der Waals surface area (Å²) < 4.78 is 44.1. The van der Waals surface area contributed by atoms with Gasteiger partial charge in [0, 0.05) is 18.3 Å². The smallest absolute Gasteiger partial charge is 0.493 e. The summed E-state index contributed by atoms with van der Waals surface area (Å²) in [5, 5.41) is 0. The summed E-state index contributed by atoms with van der Waals surface area (Å²) in [5.74, 6) is -1.26. The Morgan fingerprint density at radius 1 is 1.50 bits per heavy atom. The maximum Gasteiger partial charge on any atom is 0.573 e. The van der Waals surface area contributed by atoms with Crippen LogP contribution in [0.15, 0.2) is 10.9 Å². The highest BCUT2D eigenvalue weighted by atomic mass is 19.4. The molecule has 0 aliphatic heterocycles. The molecule has 0 spiro atoms. The van der Waals surface area contributed by atoms with Gasteiger partial charge >= 0.3 is 6.36 Å². The van der Waals surface area contributed by atoms with Crippen LogP contribution in [0, 0.1) is 0 Å². The SMILES string of the molecule is COc1cc(CN)[nH]c(=O)c1OC(F)(F)F. The van der Waals surface area contributed by atoms with Crippen molar-refractivity contribution in [2.75, 3.05) is 7.11 Å². The lowest BCUT2D eigenvalue weighted by molar-refractivity contribution is -0.275. The van der Waals surface area contributed by atoms with E-state index in [1.54, 1.807) is 0 Å². The van der Waals surface area contributed by atoms with Crippen LogP contribution in [-0.2, 0) is 6.54 Å². The number of H-pyrrole nitrogens is 1. The van der Waals surface area contributed by atoms with Crippen molar-refractivity contribution in [1.29, 1.82) is 0 Å². The van der Waals surface area contributed by atoms with Gasteiger partial charge in [0.25, 0.3) is 5.56 Å². The van der Waals surface area contributed by atoms with E-state index in [2.05, 4.69) is 14.5 Å². The van der Waals surface area contributed by atoms with Crippen LogP contribution in [0.4, 0.5) is 13.2 Å². The fraction of sp³-hybridized carbons (Fsp3) is 0.375. The van der Waals surface area contributed by atoms with Gasteiger partial charge in [-0.05, 0) is 0 Å². The van der Waals surface area contributed by atoms with Gasteiger partial charge in [-0.15, -0.1) is 13.2 Å². The molecule has 0 amide bonds. The summed E-state index contributed by atoms with van der Waals surface area (Å²) in [5.41, 5.74) is 4.43. The lowest BCUT2D eigenvalue weighted by Gasteiger charge is -2.12. The minimum absolute atomic E-state index is 0.0299. The largest absolute Gasteiger partial charge is 0.573 e. The number of alkyl halides is 3. The Kier molecular flexibility index (Phi) is 3.43. The molecular weight excluding hydrogens is 229 g/mol. The van der Waals surface area contributed by atoms with Gasteiger partial charge in [-0.25, -0.2) is 0 Å². The van der Waals surface area contributed by atoms with Crippen LogP contribution < -0.4 is 20.8 Å². The summed E-state index contributed by atoms with van der Waals surface area (Å²) in [6.45, 7) is -0.0299. The monoisotopic (exact) mass is 238 g/mol. The predicted molar refractivity (Wildman–Crippen MR) is 48.2 cm³/mol. The Hall–Kier alpha value is -1.70. The zero-order valence-corrected chi connectivity index (χ0v) is 8.22. The van der Waals surface area contributed by atoms with E-state index in [9.17, 15) is 18.0 Å². The maximum atomic E-state index is 12.0. The number of halogens is 3. The number of hydrogen-bond acceptors (Lipinski definition) is 4. The van der Waals surface area contributed by atoms with Crippen molar-refractivity contribution in [2.24, 2.45) is 5.73 Å². The van der Waals surface area contributed by atoms with Crippen LogP contribution in [-0.4, -0.2) is 18.5 Å². The molecule has 0 aliphatic carbocycles. The number of ether oxygens (including phenoxy) is 2. The van der Waals surface area contributed by atoms with Gasteiger partial charge in [0.15, 0.2) is 5.75 Å². The van der Waals surface area contributed by atoms with Crippen molar-refractivity contribution < 1.29 is 22.6 Å². The van der Waals surface area contributed by atoms with Crippen LogP contribution >= 0.6 is 0 Å². The van der Waals surface area contributed by atoms with Crippen LogP contribution in [0.1, 0.15) is 5.69 Å². The highest BCUT2D eigenvalue weighted by molar-refractivity contribution is 5.39. The number of hydrogen-bond donors (Lipinski definition) is 2. The van der Waals surface area contributed by atoms with Gasteiger partial charge in [-0.1, -0.05) is 0 Å². The molecule has 0 radical (unpaired) electrons. The third kappa shape index (κ3) is 2.89. The lowest BCUT2D eigenvalue weighted by atomic mass is 10.3. The first-order chi connectivity index (χ1) is 7.37. The number of methoxy groups -OCH3 is 1. The Bertz CT molecular complexity index is 428. The van der Waals surface area contributed by atoms with E-state index in [4.69, 9.17) is 5.73 Å². The highest BCUT2D eigenvalue weighted by Gasteiger charge is 2.34. The molecule has 0 saturated carbocycles. The molecule has 0 unspecified atom stereocenters. The van der Waals surface area contributed by atoms with E-state index >= 15 is 0 Å².